The molecule has 2 aromatic rings. The third-order valence-electron chi connectivity index (χ3n) is 3.76. The second kappa shape index (κ2) is 9.36. The van der Waals surface area contributed by atoms with Crippen molar-refractivity contribution in [1.82, 2.24) is 0 Å². The molecule has 0 fully saturated rings. The van der Waals surface area contributed by atoms with Crippen molar-refractivity contribution in [1.29, 1.82) is 0 Å². The number of carbonyl (C=O) groups is 1. The van der Waals surface area contributed by atoms with Gasteiger partial charge in [-0.15, -0.1) is 0 Å². The molecule has 2 aromatic carbocycles. The number of carbonyl (C=O) groups excluding carboxylic acids is 1. The summed E-state index contributed by atoms with van der Waals surface area (Å²) in [4.78, 5) is 22.6. The highest BCUT2D eigenvalue weighted by atomic mass is 16.6. The summed E-state index contributed by atoms with van der Waals surface area (Å²) in [6, 6.07) is 12.1. The van der Waals surface area contributed by atoms with Gasteiger partial charge in [0.15, 0.2) is 0 Å². The Bertz CT molecular complexity index is 815. The van der Waals surface area contributed by atoms with Crippen LogP contribution in [0.1, 0.15) is 30.9 Å². The Morgan fingerprint density at radius 2 is 2.04 bits per heavy atom. The summed E-state index contributed by atoms with van der Waals surface area (Å²) >= 11 is 0. The smallest absolute Gasteiger partial charge is 0.274 e. The van der Waals surface area contributed by atoms with Crippen LogP contribution in [0.3, 0.4) is 0 Å². The third kappa shape index (κ3) is 5.44. The Kier molecular flexibility index (Phi) is 6.91. The van der Waals surface area contributed by atoms with Crippen molar-refractivity contribution in [3.05, 3.63) is 69.8 Å². The molecule has 0 radical (unpaired) electrons. The zero-order valence-corrected chi connectivity index (χ0v) is 14.9. The fourth-order valence-electron chi connectivity index (χ4n) is 2.31. The first kappa shape index (κ1) is 19.2. The molecule has 6 nitrogen and oxygen atoms in total. The van der Waals surface area contributed by atoms with E-state index < -0.39 is 4.92 Å². The Hall–Kier alpha value is -3.15. The number of unbranched alkanes of at least 4 members (excludes halogenated alkanes) is 1. The largest absolute Gasteiger partial charge is 0.493 e. The van der Waals surface area contributed by atoms with E-state index in [1.807, 2.05) is 24.3 Å². The number of amides is 1. The molecular weight excluding hydrogens is 332 g/mol. The SMILES string of the molecule is CCCCOc1ccccc1/C=C/C(=O)Nc1ccc(C)c([N+](=O)[O-])c1. The van der Waals surface area contributed by atoms with Gasteiger partial charge >= 0.3 is 0 Å². The van der Waals surface area contributed by atoms with E-state index in [0.29, 0.717) is 17.9 Å². The van der Waals surface area contributed by atoms with Crippen LogP contribution in [0.2, 0.25) is 0 Å². The monoisotopic (exact) mass is 354 g/mol. The lowest BCUT2D eigenvalue weighted by Gasteiger charge is -2.08. The van der Waals surface area contributed by atoms with Gasteiger partial charge in [0, 0.05) is 29.0 Å². The summed E-state index contributed by atoms with van der Waals surface area (Å²) in [5, 5.41) is 13.6. The normalized spacial score (nSPS) is 10.7. The number of ether oxygens (including phenoxy) is 1. The van der Waals surface area contributed by atoms with Gasteiger partial charge in [0.2, 0.25) is 5.91 Å². The quantitative estimate of drug-likeness (QED) is 0.321. The molecule has 0 spiro atoms. The molecule has 0 bridgehead atoms. The van der Waals surface area contributed by atoms with Crippen molar-refractivity contribution in [2.75, 3.05) is 11.9 Å². The van der Waals surface area contributed by atoms with E-state index in [2.05, 4.69) is 12.2 Å². The molecule has 1 amide bonds. The second-order valence-electron chi connectivity index (χ2n) is 5.82. The maximum absolute atomic E-state index is 12.1. The highest BCUT2D eigenvalue weighted by Gasteiger charge is 2.11. The maximum atomic E-state index is 12.1. The second-order valence-corrected chi connectivity index (χ2v) is 5.82. The van der Waals surface area contributed by atoms with Gasteiger partial charge in [-0.1, -0.05) is 37.6 Å². The van der Waals surface area contributed by atoms with Gasteiger partial charge in [-0.05, 0) is 31.6 Å². The van der Waals surface area contributed by atoms with Crippen LogP contribution in [0, 0.1) is 17.0 Å². The number of benzene rings is 2. The fraction of sp³-hybridized carbons (Fsp3) is 0.250. The molecule has 0 heterocycles. The number of nitro benzene ring substituents is 1. The van der Waals surface area contributed by atoms with Crippen LogP contribution < -0.4 is 10.1 Å². The molecule has 136 valence electrons. The summed E-state index contributed by atoms with van der Waals surface area (Å²) in [7, 11) is 0. The van der Waals surface area contributed by atoms with Crippen LogP contribution in [-0.4, -0.2) is 17.4 Å². The van der Waals surface area contributed by atoms with E-state index in [9.17, 15) is 14.9 Å². The van der Waals surface area contributed by atoms with Crippen LogP contribution in [0.5, 0.6) is 5.75 Å². The summed E-state index contributed by atoms with van der Waals surface area (Å²) in [6.45, 7) is 4.37. The van der Waals surface area contributed by atoms with Crippen LogP contribution in [0.15, 0.2) is 48.5 Å². The Balaban J connectivity index is 2.06. The Labute approximate surface area is 152 Å². The average molecular weight is 354 g/mol. The molecular formula is C20H22N2O4. The number of para-hydroxylation sites is 1. The van der Waals surface area contributed by atoms with Crippen molar-refractivity contribution in [2.24, 2.45) is 0 Å². The minimum Gasteiger partial charge on any atom is -0.493 e. The first-order valence-corrected chi connectivity index (χ1v) is 8.47. The Morgan fingerprint density at radius 3 is 2.77 bits per heavy atom. The molecule has 0 aliphatic carbocycles. The highest BCUT2D eigenvalue weighted by molar-refractivity contribution is 6.02. The number of hydrogen-bond acceptors (Lipinski definition) is 4. The molecule has 0 aromatic heterocycles. The van der Waals surface area contributed by atoms with Crippen molar-refractivity contribution >= 4 is 23.4 Å². The van der Waals surface area contributed by atoms with Crippen LogP contribution in [0.4, 0.5) is 11.4 Å². The van der Waals surface area contributed by atoms with Crippen molar-refractivity contribution in [3.63, 3.8) is 0 Å². The predicted molar refractivity (Wildman–Crippen MR) is 102 cm³/mol. The van der Waals surface area contributed by atoms with Crippen molar-refractivity contribution in [3.8, 4) is 5.75 Å². The number of rotatable bonds is 8. The lowest BCUT2D eigenvalue weighted by Crippen LogP contribution is -2.08. The van der Waals surface area contributed by atoms with E-state index in [-0.39, 0.29) is 11.6 Å². The molecule has 6 heteroatoms. The summed E-state index contributed by atoms with van der Waals surface area (Å²) in [5.41, 5.74) is 1.70. The zero-order valence-electron chi connectivity index (χ0n) is 14.9. The van der Waals surface area contributed by atoms with Gasteiger partial charge in [0.05, 0.1) is 11.5 Å². The van der Waals surface area contributed by atoms with Crippen LogP contribution >= 0.6 is 0 Å². The molecule has 1 N–H and O–H groups in total. The van der Waals surface area contributed by atoms with Crippen LogP contribution in [-0.2, 0) is 4.79 Å². The molecule has 0 saturated carbocycles. The van der Waals surface area contributed by atoms with E-state index in [1.165, 1.54) is 12.1 Å². The molecule has 0 atom stereocenters. The summed E-state index contributed by atoms with van der Waals surface area (Å²) in [5.74, 6) is 0.350. The van der Waals surface area contributed by atoms with Gasteiger partial charge in [0.1, 0.15) is 5.75 Å². The van der Waals surface area contributed by atoms with Crippen molar-refractivity contribution in [2.45, 2.75) is 26.7 Å². The number of aryl methyl sites for hydroxylation is 1. The third-order valence-corrected chi connectivity index (χ3v) is 3.76. The van der Waals surface area contributed by atoms with Gasteiger partial charge in [-0.25, -0.2) is 0 Å². The fourth-order valence-corrected chi connectivity index (χ4v) is 2.31. The molecule has 0 saturated heterocycles. The number of anilines is 1. The lowest BCUT2D eigenvalue weighted by atomic mass is 10.1. The highest BCUT2D eigenvalue weighted by Crippen LogP contribution is 2.23. The lowest BCUT2D eigenvalue weighted by molar-refractivity contribution is -0.385. The zero-order chi connectivity index (χ0) is 18.9. The van der Waals surface area contributed by atoms with E-state index in [1.54, 1.807) is 25.1 Å². The molecule has 0 aliphatic rings. The number of nitrogens with one attached hydrogen (secondary N) is 1. The first-order valence-electron chi connectivity index (χ1n) is 8.47. The van der Waals surface area contributed by atoms with Gasteiger partial charge < -0.3 is 10.1 Å². The average Bonchev–Trinajstić information content (AvgIpc) is 2.62. The molecule has 0 unspecified atom stereocenters. The summed E-state index contributed by atoms with van der Waals surface area (Å²) in [6.07, 6.45) is 5.06. The molecule has 0 aliphatic heterocycles. The van der Waals surface area contributed by atoms with E-state index in [4.69, 9.17) is 4.74 Å². The number of nitrogens with zero attached hydrogens (tertiary/aromatic N) is 1. The molecule has 26 heavy (non-hydrogen) atoms. The van der Waals surface area contributed by atoms with Crippen molar-refractivity contribution < 1.29 is 14.5 Å². The standard InChI is InChI=1S/C20H22N2O4/c1-3-4-13-26-19-8-6-5-7-16(19)10-12-20(23)21-17-11-9-15(2)18(14-17)22(24)25/h5-12,14H,3-4,13H2,1-2H3,(H,21,23)/b12-10+. The topological polar surface area (TPSA) is 81.5 Å². The van der Waals surface area contributed by atoms with Gasteiger partial charge in [-0.3, -0.25) is 14.9 Å². The van der Waals surface area contributed by atoms with Gasteiger partial charge in [-0.2, -0.15) is 0 Å². The molecule has 2 rings (SSSR count). The minimum absolute atomic E-state index is 0.0264. The summed E-state index contributed by atoms with van der Waals surface area (Å²) < 4.78 is 5.73. The van der Waals surface area contributed by atoms with Gasteiger partial charge in [0.25, 0.3) is 5.69 Å². The van der Waals surface area contributed by atoms with E-state index >= 15 is 0 Å². The predicted octanol–water partition coefficient (Wildman–Crippen LogP) is 4.73. The number of nitro groups is 1. The Morgan fingerprint density at radius 1 is 1.27 bits per heavy atom. The maximum Gasteiger partial charge on any atom is 0.274 e. The number of hydrogen-bond donors (Lipinski definition) is 1. The van der Waals surface area contributed by atoms with Crippen LogP contribution in [0.25, 0.3) is 6.08 Å². The first-order chi connectivity index (χ1) is 12.5. The van der Waals surface area contributed by atoms with E-state index in [0.717, 1.165) is 24.2 Å². The minimum atomic E-state index is -0.468.